The van der Waals surface area contributed by atoms with Gasteiger partial charge in [0, 0.05) is 101 Å². The highest BCUT2D eigenvalue weighted by molar-refractivity contribution is 7.13. The van der Waals surface area contributed by atoms with Crippen LogP contribution in [0.3, 0.4) is 0 Å². The minimum Gasteiger partial charge on any atom is -0.478 e. The predicted octanol–water partition coefficient (Wildman–Crippen LogP) is 8.29. The largest absolute Gasteiger partial charge is 0.478 e. The molecule has 0 unspecified atom stereocenters. The zero-order chi connectivity index (χ0) is 41.7. The van der Waals surface area contributed by atoms with Crippen LogP contribution in [0.25, 0.3) is 43.9 Å². The van der Waals surface area contributed by atoms with Gasteiger partial charge in [0.1, 0.15) is 10.0 Å². The maximum atomic E-state index is 12.4. The van der Waals surface area contributed by atoms with Crippen molar-refractivity contribution < 1.29 is 23.7 Å². The summed E-state index contributed by atoms with van der Waals surface area (Å²) in [6.07, 6.45) is 7.31. The van der Waals surface area contributed by atoms with Gasteiger partial charge < -0.3 is 25.2 Å². The summed E-state index contributed by atoms with van der Waals surface area (Å²) in [5.41, 5.74) is 11.3. The highest BCUT2D eigenvalue weighted by Crippen LogP contribution is 2.26. The zero-order valence-corrected chi connectivity index (χ0v) is 34.5. The first-order valence-corrected chi connectivity index (χ1v) is 20.2. The molecule has 0 fully saturated rings. The topological polar surface area (TPSA) is 222 Å². The summed E-state index contributed by atoms with van der Waals surface area (Å²) >= 11 is 15.0. The Bertz CT molecular complexity index is 2630. The van der Waals surface area contributed by atoms with E-state index >= 15 is 0 Å². The first-order chi connectivity index (χ1) is 28.5. The number of halogens is 2. The molecule has 0 radical (unpaired) electrons. The molecule has 0 aliphatic carbocycles. The van der Waals surface area contributed by atoms with E-state index in [1.807, 2.05) is 53.9 Å². The van der Waals surface area contributed by atoms with Gasteiger partial charge in [-0.2, -0.15) is 9.97 Å². The van der Waals surface area contributed by atoms with E-state index in [0.29, 0.717) is 64.7 Å². The van der Waals surface area contributed by atoms with E-state index in [4.69, 9.17) is 43.1 Å². The minimum atomic E-state index is -1.04. The average Bonchev–Trinajstić information content (AvgIpc) is 4.09. The minimum absolute atomic E-state index is 0.0925. The number of hydrogen-bond donors (Lipinski definition) is 3. The lowest BCUT2D eigenvalue weighted by Gasteiger charge is -2.04. The molecule has 59 heavy (non-hydrogen) atoms. The molecule has 6 aromatic heterocycles. The van der Waals surface area contributed by atoms with Gasteiger partial charge in [-0.25, -0.2) is 14.8 Å². The SMILES string of the molecule is Cc1nc(-c2cncc(C(=O)NCCc3csc(-c4ccc(Cl)cc4)n3)c2)no1.Cc1nc(-c2cncc(C(=O)O)c2)no1.NCCc1csc(-c2ccc(Cl)cc2)n1. The molecule has 0 atom stereocenters. The molecule has 6 heterocycles. The number of aromatic nitrogens is 8. The molecule has 0 aliphatic heterocycles. The third-order valence-corrected chi connectivity index (χ3v) is 10.3. The molecular formula is C40H34Cl2N10O5S2. The second-order valence-electron chi connectivity index (χ2n) is 12.4. The van der Waals surface area contributed by atoms with E-state index in [0.717, 1.165) is 44.0 Å². The van der Waals surface area contributed by atoms with Gasteiger partial charge in [0.2, 0.25) is 23.4 Å². The lowest BCUT2D eigenvalue weighted by Crippen LogP contribution is -2.25. The van der Waals surface area contributed by atoms with Crippen molar-refractivity contribution in [2.45, 2.75) is 26.7 Å². The van der Waals surface area contributed by atoms with Crippen LogP contribution in [0.5, 0.6) is 0 Å². The number of amides is 1. The molecule has 4 N–H and O–H groups in total. The summed E-state index contributed by atoms with van der Waals surface area (Å²) in [5.74, 6) is 0.365. The van der Waals surface area contributed by atoms with Crippen LogP contribution in [0, 0.1) is 13.8 Å². The van der Waals surface area contributed by atoms with E-state index < -0.39 is 5.97 Å². The quantitative estimate of drug-likeness (QED) is 0.111. The Morgan fingerprint density at radius 1 is 0.678 bits per heavy atom. The molecule has 300 valence electrons. The fourth-order valence-electron chi connectivity index (χ4n) is 5.05. The molecule has 8 rings (SSSR count). The maximum Gasteiger partial charge on any atom is 0.337 e. The number of thiazole rings is 2. The van der Waals surface area contributed by atoms with Gasteiger partial charge in [-0.05, 0) is 42.9 Å². The number of nitrogens with two attached hydrogens (primary N) is 1. The zero-order valence-electron chi connectivity index (χ0n) is 31.4. The lowest BCUT2D eigenvalue weighted by molar-refractivity contribution is 0.0696. The van der Waals surface area contributed by atoms with Gasteiger partial charge in [-0.15, -0.1) is 22.7 Å². The molecule has 0 aliphatic rings. The van der Waals surface area contributed by atoms with Crippen molar-refractivity contribution >= 4 is 57.8 Å². The molecule has 8 aromatic rings. The molecule has 0 saturated heterocycles. The number of carbonyl (C=O) groups is 2. The van der Waals surface area contributed by atoms with E-state index in [9.17, 15) is 9.59 Å². The highest BCUT2D eigenvalue weighted by atomic mass is 35.5. The fraction of sp³-hybridized carbons (Fsp3) is 0.150. The van der Waals surface area contributed by atoms with Crippen LogP contribution in [0.15, 0.2) is 105 Å². The highest BCUT2D eigenvalue weighted by Gasteiger charge is 2.13. The van der Waals surface area contributed by atoms with Crippen molar-refractivity contribution in [1.29, 1.82) is 0 Å². The standard InChI is InChI=1S/C20H16ClN5O2S.C11H11ClN2S.C9H7N3O3/c1-12-24-18(26-28-12)14-8-15(10-22-9-14)19(27)23-7-6-17-11-29-20(25-17)13-2-4-16(21)5-3-13;12-9-3-1-8(2-4-9)11-14-10(5-6-13)7-15-11;1-5-11-8(12-15-5)6-2-7(9(13)14)4-10-3-6/h2-5,8-11H,6-7H2,1H3,(H,23,27);1-4,7H,5-6,13H2;2-4H,1H3,(H,13,14). The van der Waals surface area contributed by atoms with Crippen LogP contribution in [0.2, 0.25) is 10.0 Å². The third-order valence-electron chi connectivity index (χ3n) is 7.91. The van der Waals surface area contributed by atoms with Gasteiger partial charge >= 0.3 is 5.97 Å². The lowest BCUT2D eigenvalue weighted by atomic mass is 10.2. The van der Waals surface area contributed by atoms with Crippen LogP contribution in [-0.2, 0) is 12.8 Å². The van der Waals surface area contributed by atoms with Crippen molar-refractivity contribution in [3.63, 3.8) is 0 Å². The Morgan fingerprint density at radius 3 is 1.61 bits per heavy atom. The summed E-state index contributed by atoms with van der Waals surface area (Å²) < 4.78 is 9.75. The van der Waals surface area contributed by atoms with Crippen LogP contribution in [0.4, 0.5) is 0 Å². The molecule has 19 heteroatoms. The van der Waals surface area contributed by atoms with Gasteiger partial charge in [-0.3, -0.25) is 14.8 Å². The Kier molecular flexibility index (Phi) is 14.7. The number of carboxylic acid groups (broad SMARTS) is 1. The van der Waals surface area contributed by atoms with Gasteiger partial charge in [0.05, 0.1) is 22.5 Å². The number of carboxylic acids is 1. The van der Waals surface area contributed by atoms with Crippen molar-refractivity contribution in [1.82, 2.24) is 45.5 Å². The summed E-state index contributed by atoms with van der Waals surface area (Å²) in [6.45, 7) is 4.47. The Balaban J connectivity index is 0.000000164. The predicted molar refractivity (Wildman–Crippen MR) is 225 cm³/mol. The Labute approximate surface area is 355 Å². The van der Waals surface area contributed by atoms with Crippen molar-refractivity contribution in [3.8, 4) is 43.9 Å². The first-order valence-electron chi connectivity index (χ1n) is 17.7. The average molecular weight is 870 g/mol. The molecule has 1 amide bonds. The summed E-state index contributed by atoms with van der Waals surface area (Å²) in [4.78, 5) is 48.2. The number of pyridine rings is 2. The second-order valence-corrected chi connectivity index (χ2v) is 14.9. The Morgan fingerprint density at radius 2 is 1.15 bits per heavy atom. The number of carbonyl (C=O) groups excluding carboxylic acids is 1. The molecule has 0 spiro atoms. The summed E-state index contributed by atoms with van der Waals surface area (Å²) in [5, 5.41) is 26.6. The Hall–Kier alpha value is -6.24. The van der Waals surface area contributed by atoms with Crippen molar-refractivity contribution in [2.75, 3.05) is 13.1 Å². The van der Waals surface area contributed by atoms with Crippen molar-refractivity contribution in [2.24, 2.45) is 5.73 Å². The van der Waals surface area contributed by atoms with Crippen LogP contribution < -0.4 is 11.1 Å². The van der Waals surface area contributed by atoms with E-state index in [-0.39, 0.29) is 11.5 Å². The monoisotopic (exact) mass is 868 g/mol. The van der Waals surface area contributed by atoms with Crippen molar-refractivity contribution in [3.05, 3.63) is 141 Å². The molecule has 2 aromatic carbocycles. The molecular weight excluding hydrogens is 836 g/mol. The summed E-state index contributed by atoms with van der Waals surface area (Å²) in [7, 11) is 0. The number of benzene rings is 2. The number of nitrogens with zero attached hydrogens (tertiary/aromatic N) is 8. The number of nitrogens with one attached hydrogen (secondary N) is 1. The van der Waals surface area contributed by atoms with E-state index in [2.05, 4.69) is 50.9 Å². The van der Waals surface area contributed by atoms with Crippen LogP contribution >= 0.6 is 45.9 Å². The first kappa shape index (κ1) is 42.4. The second kappa shape index (κ2) is 20.4. The maximum absolute atomic E-state index is 12.4. The van der Waals surface area contributed by atoms with Crippen LogP contribution in [-0.4, -0.2) is 70.3 Å². The van der Waals surface area contributed by atoms with E-state index in [1.165, 1.54) is 24.7 Å². The number of aryl methyl sites for hydroxylation is 2. The number of aromatic carboxylic acids is 1. The molecule has 0 saturated carbocycles. The number of rotatable bonds is 11. The third kappa shape index (κ3) is 12.1. The molecule has 0 bridgehead atoms. The van der Waals surface area contributed by atoms with Gasteiger partial charge in [0.15, 0.2) is 0 Å². The van der Waals surface area contributed by atoms with E-state index in [1.54, 1.807) is 48.8 Å². The molecule has 15 nitrogen and oxygen atoms in total. The van der Waals surface area contributed by atoms with Crippen LogP contribution in [0.1, 0.15) is 43.9 Å². The van der Waals surface area contributed by atoms with Gasteiger partial charge in [0.25, 0.3) is 5.91 Å². The summed E-state index contributed by atoms with van der Waals surface area (Å²) in [6, 6.07) is 18.4. The normalized spacial score (nSPS) is 10.6. The van der Waals surface area contributed by atoms with Gasteiger partial charge in [-0.1, -0.05) is 57.8 Å². The number of hydrogen-bond acceptors (Lipinski definition) is 15. The fourth-order valence-corrected chi connectivity index (χ4v) is 7.02. The smallest absolute Gasteiger partial charge is 0.337 e.